The van der Waals surface area contributed by atoms with Crippen molar-refractivity contribution in [2.75, 3.05) is 18.0 Å². The van der Waals surface area contributed by atoms with Crippen LogP contribution in [0.2, 0.25) is 0 Å². The van der Waals surface area contributed by atoms with Crippen LogP contribution in [-0.4, -0.2) is 38.1 Å². The van der Waals surface area contributed by atoms with Crippen molar-refractivity contribution in [3.05, 3.63) is 28.5 Å². The summed E-state index contributed by atoms with van der Waals surface area (Å²) in [6.45, 7) is 10.4. The maximum Gasteiger partial charge on any atom is 0.169 e. The first-order chi connectivity index (χ1) is 11.5. The van der Waals surface area contributed by atoms with E-state index in [1.165, 1.54) is 0 Å². The number of nitrogens with zero attached hydrogens (tertiary/aromatic N) is 7. The largest absolute Gasteiger partial charge is 0.354 e. The van der Waals surface area contributed by atoms with Crippen LogP contribution in [0.5, 0.6) is 0 Å². The Labute approximate surface area is 142 Å². The zero-order valence-electron chi connectivity index (χ0n) is 14.7. The predicted molar refractivity (Wildman–Crippen MR) is 90.7 cm³/mol. The first-order valence-electron chi connectivity index (χ1n) is 8.36. The summed E-state index contributed by atoms with van der Waals surface area (Å²) >= 11 is 0. The highest BCUT2D eigenvalue weighted by Crippen LogP contribution is 2.27. The molecule has 0 spiro atoms. The molecule has 0 amide bonds. The number of aromatic nitrogens is 5. The first kappa shape index (κ1) is 16.4. The molecular formula is C17H23N7. The number of anilines is 1. The van der Waals surface area contributed by atoms with Crippen LogP contribution in [0.1, 0.15) is 41.3 Å². The van der Waals surface area contributed by atoms with E-state index in [-0.39, 0.29) is 0 Å². The van der Waals surface area contributed by atoms with E-state index in [0.717, 1.165) is 61.2 Å². The fourth-order valence-corrected chi connectivity index (χ4v) is 3.34. The van der Waals surface area contributed by atoms with Gasteiger partial charge in [-0.2, -0.15) is 15.5 Å². The molecule has 0 bridgehead atoms. The molecule has 0 N–H and O–H groups in total. The molecule has 1 saturated heterocycles. The Hall–Kier alpha value is -2.49. The van der Waals surface area contributed by atoms with Gasteiger partial charge in [0, 0.05) is 19.6 Å². The Morgan fingerprint density at radius 2 is 2.00 bits per heavy atom. The maximum atomic E-state index is 9.53. The number of piperidine rings is 1. The van der Waals surface area contributed by atoms with Crippen LogP contribution in [0.25, 0.3) is 0 Å². The lowest BCUT2D eigenvalue weighted by Crippen LogP contribution is -2.38. The fourth-order valence-electron chi connectivity index (χ4n) is 3.34. The highest BCUT2D eigenvalue weighted by atomic mass is 15.3. The van der Waals surface area contributed by atoms with E-state index < -0.39 is 0 Å². The summed E-state index contributed by atoms with van der Waals surface area (Å²) in [6.07, 6.45) is 2.23. The highest BCUT2D eigenvalue weighted by molar-refractivity contribution is 5.57. The lowest BCUT2D eigenvalue weighted by molar-refractivity contribution is 0.346. The van der Waals surface area contributed by atoms with Crippen LogP contribution in [0.4, 0.5) is 5.82 Å². The Balaban J connectivity index is 1.80. The number of aryl methyl sites for hydroxylation is 3. The van der Waals surface area contributed by atoms with Crippen molar-refractivity contribution in [2.45, 2.75) is 47.1 Å². The van der Waals surface area contributed by atoms with Crippen LogP contribution in [0.3, 0.4) is 0 Å². The second-order valence-corrected chi connectivity index (χ2v) is 6.56. The van der Waals surface area contributed by atoms with Crippen LogP contribution < -0.4 is 4.90 Å². The van der Waals surface area contributed by atoms with Crippen LogP contribution >= 0.6 is 0 Å². The summed E-state index contributed by atoms with van der Waals surface area (Å²) in [6, 6.07) is 2.31. The number of hydrogen-bond acceptors (Lipinski definition) is 6. The molecule has 1 aliphatic heterocycles. The van der Waals surface area contributed by atoms with E-state index >= 15 is 0 Å². The molecule has 0 unspecified atom stereocenters. The average molecular weight is 325 g/mol. The molecular weight excluding hydrogens is 302 g/mol. The number of nitriles is 1. The third-order valence-electron chi connectivity index (χ3n) is 4.76. The number of hydrogen-bond donors (Lipinski definition) is 0. The molecule has 0 radical (unpaired) electrons. The van der Waals surface area contributed by atoms with Crippen molar-refractivity contribution in [3.8, 4) is 6.07 Å². The molecule has 24 heavy (non-hydrogen) atoms. The minimum Gasteiger partial charge on any atom is -0.354 e. The van der Waals surface area contributed by atoms with Crippen LogP contribution in [0.15, 0.2) is 0 Å². The minimum absolute atomic E-state index is 0.466. The summed E-state index contributed by atoms with van der Waals surface area (Å²) in [5, 5.41) is 22.5. The van der Waals surface area contributed by atoms with E-state index in [0.29, 0.717) is 11.5 Å². The molecule has 7 heteroatoms. The van der Waals surface area contributed by atoms with Gasteiger partial charge in [-0.1, -0.05) is 0 Å². The monoisotopic (exact) mass is 325 g/mol. The Kier molecular flexibility index (Phi) is 4.47. The summed E-state index contributed by atoms with van der Waals surface area (Å²) in [5.74, 6) is 2.95. The molecule has 0 aromatic carbocycles. The van der Waals surface area contributed by atoms with Crippen molar-refractivity contribution < 1.29 is 0 Å². The van der Waals surface area contributed by atoms with Crippen molar-refractivity contribution in [1.82, 2.24) is 25.0 Å². The van der Waals surface area contributed by atoms with E-state index in [2.05, 4.69) is 31.2 Å². The molecule has 2 aromatic heterocycles. The molecule has 1 aliphatic rings. The zero-order chi connectivity index (χ0) is 17.3. The van der Waals surface area contributed by atoms with E-state index in [1.807, 2.05) is 32.4 Å². The summed E-state index contributed by atoms with van der Waals surface area (Å²) in [4.78, 5) is 6.57. The fraction of sp³-hybridized carbons (Fsp3) is 0.588. The van der Waals surface area contributed by atoms with Gasteiger partial charge in [0.1, 0.15) is 23.3 Å². The quantitative estimate of drug-likeness (QED) is 0.859. The smallest absolute Gasteiger partial charge is 0.169 e. The van der Waals surface area contributed by atoms with Gasteiger partial charge in [0.2, 0.25) is 0 Å². The molecule has 1 fully saturated rings. The molecule has 2 aromatic rings. The molecule has 3 heterocycles. The lowest BCUT2D eigenvalue weighted by Gasteiger charge is -2.34. The molecule has 3 rings (SSSR count). The second kappa shape index (κ2) is 6.56. The van der Waals surface area contributed by atoms with Crippen LogP contribution in [0, 0.1) is 44.9 Å². The SMILES string of the molecule is Cc1nc(C)n(C[C@@H]2CCCN(c3nnc(C)c(C)c3C#N)C2)n1. The van der Waals surface area contributed by atoms with Gasteiger partial charge in [0.05, 0.1) is 5.69 Å². The van der Waals surface area contributed by atoms with Gasteiger partial charge in [0.15, 0.2) is 5.82 Å². The molecule has 1 atom stereocenters. The lowest BCUT2D eigenvalue weighted by atomic mass is 9.97. The second-order valence-electron chi connectivity index (χ2n) is 6.56. The summed E-state index contributed by atoms with van der Waals surface area (Å²) in [7, 11) is 0. The van der Waals surface area contributed by atoms with E-state index in [4.69, 9.17) is 0 Å². The third-order valence-corrected chi connectivity index (χ3v) is 4.76. The van der Waals surface area contributed by atoms with E-state index in [9.17, 15) is 5.26 Å². The third kappa shape index (κ3) is 3.09. The molecule has 7 nitrogen and oxygen atoms in total. The van der Waals surface area contributed by atoms with Gasteiger partial charge in [-0.15, -0.1) is 5.10 Å². The molecule has 126 valence electrons. The topological polar surface area (TPSA) is 83.5 Å². The molecule has 0 aliphatic carbocycles. The summed E-state index contributed by atoms with van der Waals surface area (Å²) in [5.41, 5.74) is 2.39. The van der Waals surface area contributed by atoms with Crippen molar-refractivity contribution in [1.29, 1.82) is 5.26 Å². The first-order valence-corrected chi connectivity index (χ1v) is 8.36. The van der Waals surface area contributed by atoms with Crippen molar-refractivity contribution in [3.63, 3.8) is 0 Å². The van der Waals surface area contributed by atoms with E-state index in [1.54, 1.807) is 0 Å². The van der Waals surface area contributed by atoms with Gasteiger partial charge < -0.3 is 4.90 Å². The van der Waals surface area contributed by atoms with Gasteiger partial charge in [-0.25, -0.2) is 9.67 Å². The normalized spacial score (nSPS) is 17.8. The van der Waals surface area contributed by atoms with Gasteiger partial charge in [-0.3, -0.25) is 0 Å². The Morgan fingerprint density at radius 3 is 2.67 bits per heavy atom. The minimum atomic E-state index is 0.466. The van der Waals surface area contributed by atoms with Crippen molar-refractivity contribution >= 4 is 5.82 Å². The molecule has 0 saturated carbocycles. The standard InChI is InChI=1S/C17H23N7/c1-11-12(2)20-21-17(16(11)8-18)23-7-5-6-15(9-23)10-24-14(4)19-13(3)22-24/h15H,5-7,9-10H2,1-4H3/t15-/m1/s1. The number of rotatable bonds is 3. The average Bonchev–Trinajstić information content (AvgIpc) is 2.87. The van der Waals surface area contributed by atoms with Crippen molar-refractivity contribution in [2.24, 2.45) is 5.92 Å². The van der Waals surface area contributed by atoms with Gasteiger partial charge >= 0.3 is 0 Å². The Bertz CT molecular complexity index is 787. The zero-order valence-corrected chi connectivity index (χ0v) is 14.7. The predicted octanol–water partition coefficient (Wildman–Crippen LogP) is 2.09. The highest BCUT2D eigenvalue weighted by Gasteiger charge is 2.25. The summed E-state index contributed by atoms with van der Waals surface area (Å²) < 4.78 is 1.99. The van der Waals surface area contributed by atoms with Gasteiger partial charge in [0.25, 0.3) is 0 Å². The van der Waals surface area contributed by atoms with Crippen LogP contribution in [-0.2, 0) is 6.54 Å². The van der Waals surface area contributed by atoms with Gasteiger partial charge in [-0.05, 0) is 52.0 Å². The maximum absolute atomic E-state index is 9.53. The Morgan fingerprint density at radius 1 is 1.21 bits per heavy atom.